The Kier molecular flexibility index (Phi) is 2.00. The van der Waals surface area contributed by atoms with Crippen molar-refractivity contribution >= 4 is 27.9 Å². The number of fused-ring (bicyclic) bond motifs is 1. The van der Waals surface area contributed by atoms with Gasteiger partial charge in [0.1, 0.15) is 6.33 Å². The van der Waals surface area contributed by atoms with Gasteiger partial charge in [-0.3, -0.25) is 8.97 Å². The summed E-state index contributed by atoms with van der Waals surface area (Å²) in [7, 11) is 0. The smallest absolute Gasteiger partial charge is 0.195 e. The number of rotatable bonds is 2. The normalized spacial score (nSPS) is 11.3. The Hall–Kier alpha value is -1.33. The van der Waals surface area contributed by atoms with E-state index >= 15 is 0 Å². The van der Waals surface area contributed by atoms with E-state index in [1.165, 1.54) is 0 Å². The van der Waals surface area contributed by atoms with Gasteiger partial charge in [0.2, 0.25) is 0 Å². The summed E-state index contributed by atoms with van der Waals surface area (Å²) in [5, 5.41) is 2.00. The second-order valence-electron chi connectivity index (χ2n) is 3.04. The molecule has 0 spiro atoms. The highest BCUT2D eigenvalue weighted by Gasteiger charge is 2.12. The molecule has 0 saturated carbocycles. The Morgan fingerprint density at radius 3 is 3.07 bits per heavy atom. The van der Waals surface area contributed by atoms with Crippen molar-refractivity contribution in [1.82, 2.24) is 18.9 Å². The van der Waals surface area contributed by atoms with Crippen molar-refractivity contribution in [2.75, 3.05) is 0 Å². The van der Waals surface area contributed by atoms with E-state index in [1.807, 2.05) is 26.7 Å². The molecule has 4 nitrogen and oxygen atoms in total. The third kappa shape index (κ3) is 1.27. The molecule has 0 aromatic carbocycles. The Bertz CT molecular complexity index is 580. The maximum absolute atomic E-state index is 5.94. The fraction of sp³-hybridized carbons (Fsp3) is 0.111. The molecule has 0 aliphatic carbocycles. The average molecular weight is 239 g/mol. The van der Waals surface area contributed by atoms with E-state index in [1.54, 1.807) is 23.9 Å². The molecule has 3 aromatic rings. The van der Waals surface area contributed by atoms with Crippen LogP contribution in [0.15, 0.2) is 30.3 Å². The lowest BCUT2D eigenvalue weighted by Crippen LogP contribution is -1.96. The van der Waals surface area contributed by atoms with Crippen molar-refractivity contribution in [1.29, 1.82) is 0 Å². The van der Waals surface area contributed by atoms with Crippen molar-refractivity contribution < 1.29 is 0 Å². The van der Waals surface area contributed by atoms with Crippen LogP contribution in [-0.4, -0.2) is 18.9 Å². The maximum Gasteiger partial charge on any atom is 0.195 e. The predicted molar refractivity (Wildman–Crippen MR) is 59.7 cm³/mol. The predicted octanol–water partition coefficient (Wildman–Crippen LogP) is 2.32. The molecular formula is C9H7ClN4S. The number of nitrogens with zero attached hydrogens (tertiary/aromatic N) is 4. The first-order valence-electron chi connectivity index (χ1n) is 4.39. The summed E-state index contributed by atoms with van der Waals surface area (Å²) in [6.07, 6.45) is 7.29. The summed E-state index contributed by atoms with van der Waals surface area (Å²) in [6.45, 7) is 0. The first kappa shape index (κ1) is 8.94. The van der Waals surface area contributed by atoms with Crippen LogP contribution in [0.1, 0.15) is 5.69 Å². The van der Waals surface area contributed by atoms with Gasteiger partial charge in [-0.1, -0.05) is 0 Å². The lowest BCUT2D eigenvalue weighted by Gasteiger charge is -1.99. The van der Waals surface area contributed by atoms with Crippen LogP contribution in [0.25, 0.3) is 10.8 Å². The molecule has 15 heavy (non-hydrogen) atoms. The fourth-order valence-electron chi connectivity index (χ4n) is 1.54. The Morgan fingerprint density at radius 1 is 1.40 bits per heavy atom. The standard InChI is InChI=1S/C9H7ClN4S/c10-5-7-8(13-2-1-11-6-13)12-9-14(7)3-4-15-9/h1-4,6H,5H2. The van der Waals surface area contributed by atoms with Gasteiger partial charge < -0.3 is 0 Å². The van der Waals surface area contributed by atoms with E-state index in [2.05, 4.69) is 9.97 Å². The third-order valence-electron chi connectivity index (χ3n) is 2.22. The number of hydrogen-bond acceptors (Lipinski definition) is 3. The van der Waals surface area contributed by atoms with Gasteiger partial charge in [-0.15, -0.1) is 22.9 Å². The first-order chi connectivity index (χ1) is 7.40. The van der Waals surface area contributed by atoms with Crippen molar-refractivity contribution in [2.24, 2.45) is 0 Å². The lowest BCUT2D eigenvalue weighted by molar-refractivity contribution is 0.979. The molecule has 3 heterocycles. The van der Waals surface area contributed by atoms with Gasteiger partial charge >= 0.3 is 0 Å². The highest BCUT2D eigenvalue weighted by Crippen LogP contribution is 2.21. The highest BCUT2D eigenvalue weighted by molar-refractivity contribution is 7.15. The van der Waals surface area contributed by atoms with Crippen molar-refractivity contribution in [2.45, 2.75) is 5.88 Å². The lowest BCUT2D eigenvalue weighted by atomic mass is 10.4. The molecule has 6 heteroatoms. The summed E-state index contributed by atoms with van der Waals surface area (Å²) >= 11 is 7.53. The van der Waals surface area contributed by atoms with Crippen molar-refractivity contribution in [3.05, 3.63) is 36.0 Å². The van der Waals surface area contributed by atoms with Crippen LogP contribution in [0.4, 0.5) is 0 Å². The van der Waals surface area contributed by atoms with Gasteiger partial charge in [0.25, 0.3) is 0 Å². The number of alkyl halides is 1. The minimum atomic E-state index is 0.436. The van der Waals surface area contributed by atoms with Gasteiger partial charge in [0, 0.05) is 24.0 Å². The van der Waals surface area contributed by atoms with Crippen molar-refractivity contribution in [3.8, 4) is 5.82 Å². The van der Waals surface area contributed by atoms with Gasteiger partial charge in [-0.2, -0.15) is 0 Å². The zero-order valence-corrected chi connectivity index (χ0v) is 9.24. The molecule has 0 fully saturated rings. The summed E-state index contributed by atoms with van der Waals surface area (Å²) < 4.78 is 3.88. The molecule has 0 bridgehead atoms. The van der Waals surface area contributed by atoms with E-state index in [0.29, 0.717) is 5.88 Å². The molecular weight excluding hydrogens is 232 g/mol. The molecule has 0 amide bonds. The largest absolute Gasteiger partial charge is 0.291 e. The van der Waals surface area contributed by atoms with E-state index < -0.39 is 0 Å². The van der Waals surface area contributed by atoms with Crippen molar-refractivity contribution in [3.63, 3.8) is 0 Å². The average Bonchev–Trinajstić information content (AvgIpc) is 2.93. The van der Waals surface area contributed by atoms with Crippen LogP contribution in [0.2, 0.25) is 0 Å². The van der Waals surface area contributed by atoms with E-state index in [4.69, 9.17) is 11.6 Å². The van der Waals surface area contributed by atoms with E-state index in [-0.39, 0.29) is 0 Å². The van der Waals surface area contributed by atoms with E-state index in [0.717, 1.165) is 16.5 Å². The van der Waals surface area contributed by atoms with Gasteiger partial charge in [0.15, 0.2) is 10.8 Å². The molecule has 0 aliphatic rings. The van der Waals surface area contributed by atoms with Crippen LogP contribution in [0.3, 0.4) is 0 Å². The number of halogens is 1. The molecule has 3 aromatic heterocycles. The fourth-order valence-corrected chi connectivity index (χ4v) is 2.51. The van der Waals surface area contributed by atoms with Crippen LogP contribution < -0.4 is 0 Å². The molecule has 0 atom stereocenters. The maximum atomic E-state index is 5.94. The summed E-state index contributed by atoms with van der Waals surface area (Å²) in [4.78, 5) is 9.46. The Morgan fingerprint density at radius 2 is 2.33 bits per heavy atom. The quantitative estimate of drug-likeness (QED) is 0.643. The molecule has 0 radical (unpaired) electrons. The van der Waals surface area contributed by atoms with Gasteiger partial charge in [0.05, 0.1) is 11.6 Å². The SMILES string of the molecule is ClCc1c(-n2ccnc2)nc2sccn12. The summed E-state index contributed by atoms with van der Waals surface area (Å²) in [5.41, 5.74) is 0.992. The first-order valence-corrected chi connectivity index (χ1v) is 5.80. The van der Waals surface area contributed by atoms with Crippen LogP contribution >= 0.6 is 22.9 Å². The summed E-state index contributed by atoms with van der Waals surface area (Å²) in [6, 6.07) is 0. The Balaban J connectivity index is 2.30. The second-order valence-corrected chi connectivity index (χ2v) is 4.18. The van der Waals surface area contributed by atoms with Crippen LogP contribution in [0, 0.1) is 0 Å². The topological polar surface area (TPSA) is 35.1 Å². The zero-order chi connectivity index (χ0) is 10.3. The third-order valence-corrected chi connectivity index (χ3v) is 3.23. The molecule has 3 rings (SSSR count). The monoisotopic (exact) mass is 238 g/mol. The van der Waals surface area contributed by atoms with E-state index in [9.17, 15) is 0 Å². The van der Waals surface area contributed by atoms with Crippen LogP contribution in [-0.2, 0) is 5.88 Å². The molecule has 0 saturated heterocycles. The minimum Gasteiger partial charge on any atom is -0.291 e. The van der Waals surface area contributed by atoms with Gasteiger partial charge in [-0.05, 0) is 0 Å². The number of aromatic nitrogens is 4. The zero-order valence-electron chi connectivity index (χ0n) is 7.67. The molecule has 0 N–H and O–H groups in total. The Labute approximate surface area is 94.8 Å². The number of thiazole rings is 1. The van der Waals surface area contributed by atoms with Gasteiger partial charge in [-0.25, -0.2) is 9.97 Å². The highest BCUT2D eigenvalue weighted by atomic mass is 35.5. The minimum absolute atomic E-state index is 0.436. The molecule has 0 unspecified atom stereocenters. The molecule has 0 aliphatic heterocycles. The summed E-state index contributed by atoms with van der Waals surface area (Å²) in [5.74, 6) is 1.29. The molecule has 76 valence electrons. The number of imidazole rings is 2. The second kappa shape index (κ2) is 3.36. The van der Waals surface area contributed by atoms with Crippen LogP contribution in [0.5, 0.6) is 0 Å². The number of hydrogen-bond donors (Lipinski definition) is 0.